The molecule has 2 aliphatic heterocycles. The molecule has 2 aliphatic rings. The summed E-state index contributed by atoms with van der Waals surface area (Å²) >= 11 is 0. The number of anilines is 2. The summed E-state index contributed by atoms with van der Waals surface area (Å²) in [5, 5.41) is 11.7. The van der Waals surface area contributed by atoms with E-state index in [2.05, 4.69) is 32.3 Å². The summed E-state index contributed by atoms with van der Waals surface area (Å²) in [7, 11) is 0. The zero-order valence-corrected chi connectivity index (χ0v) is 20.0. The highest BCUT2D eigenvalue weighted by Crippen LogP contribution is 2.38. The van der Waals surface area contributed by atoms with E-state index in [-0.39, 0.29) is 5.56 Å². The van der Waals surface area contributed by atoms with Crippen LogP contribution in [0.2, 0.25) is 0 Å². The first-order chi connectivity index (χ1) is 17.2. The van der Waals surface area contributed by atoms with Crippen LogP contribution in [0.15, 0.2) is 42.6 Å². The summed E-state index contributed by atoms with van der Waals surface area (Å²) in [5.41, 5.74) is 3.63. The minimum Gasteiger partial charge on any atom is -0.377 e. The standard InChI is InChI=1S/C26H26F3N5O2/c1-3-16-10-21-22(34-8-9-36-14-23(16)34)13-20(32-33-21)19-12-18(5-4-15(19)2)31-25(35)17-6-7-30-24(11-17)26(27,28)29/h4-7,11-13,16,23H,3,8-10,14H2,1-2H3,(H,31,35)/t16-,23-/m1/s1. The van der Waals surface area contributed by atoms with Crippen molar-refractivity contribution in [1.29, 1.82) is 0 Å². The number of halogens is 3. The maximum atomic E-state index is 13.0. The Bertz CT molecular complexity index is 1300. The Morgan fingerprint density at radius 3 is 2.81 bits per heavy atom. The third kappa shape index (κ3) is 4.65. The average Bonchev–Trinajstić information content (AvgIpc) is 2.88. The molecule has 0 saturated carbocycles. The van der Waals surface area contributed by atoms with E-state index < -0.39 is 17.8 Å². The molecule has 1 N–H and O–H groups in total. The van der Waals surface area contributed by atoms with Crippen molar-refractivity contribution in [2.45, 2.75) is 38.9 Å². The van der Waals surface area contributed by atoms with Gasteiger partial charge < -0.3 is 15.0 Å². The maximum absolute atomic E-state index is 13.0. The van der Waals surface area contributed by atoms with Crippen LogP contribution in [0.1, 0.15) is 40.7 Å². The molecule has 0 bridgehead atoms. The summed E-state index contributed by atoms with van der Waals surface area (Å²) < 4.78 is 44.7. The number of fused-ring (bicyclic) bond motifs is 3. The summed E-state index contributed by atoms with van der Waals surface area (Å²) in [5.74, 6) is -0.194. The predicted octanol–water partition coefficient (Wildman–Crippen LogP) is 4.91. The number of ether oxygens (including phenoxy) is 1. The molecule has 1 fully saturated rings. The molecule has 4 heterocycles. The number of nitrogens with zero attached hydrogens (tertiary/aromatic N) is 4. The van der Waals surface area contributed by atoms with Crippen molar-refractivity contribution >= 4 is 17.3 Å². The monoisotopic (exact) mass is 497 g/mol. The lowest BCUT2D eigenvalue weighted by atomic mass is 9.85. The Kier molecular flexibility index (Phi) is 6.38. The van der Waals surface area contributed by atoms with Gasteiger partial charge in [0.15, 0.2) is 0 Å². The number of rotatable bonds is 4. The summed E-state index contributed by atoms with van der Waals surface area (Å²) in [4.78, 5) is 18.4. The zero-order valence-electron chi connectivity index (χ0n) is 20.0. The molecular weight excluding hydrogens is 471 g/mol. The van der Waals surface area contributed by atoms with Crippen LogP contribution in [0.5, 0.6) is 0 Å². The topological polar surface area (TPSA) is 80.2 Å². The van der Waals surface area contributed by atoms with Crippen molar-refractivity contribution in [2.75, 3.05) is 30.0 Å². The van der Waals surface area contributed by atoms with E-state index in [9.17, 15) is 18.0 Å². The number of benzene rings is 1. The molecule has 7 nitrogen and oxygen atoms in total. The van der Waals surface area contributed by atoms with E-state index >= 15 is 0 Å². The Morgan fingerprint density at radius 1 is 1.19 bits per heavy atom. The second-order valence-corrected chi connectivity index (χ2v) is 9.18. The van der Waals surface area contributed by atoms with Crippen LogP contribution in [0.3, 0.4) is 0 Å². The smallest absolute Gasteiger partial charge is 0.377 e. The highest BCUT2D eigenvalue weighted by Gasteiger charge is 2.37. The van der Waals surface area contributed by atoms with Gasteiger partial charge in [-0.05, 0) is 55.2 Å². The molecule has 10 heteroatoms. The van der Waals surface area contributed by atoms with Gasteiger partial charge in [0.25, 0.3) is 5.91 Å². The van der Waals surface area contributed by atoms with Gasteiger partial charge in [0.05, 0.1) is 36.3 Å². The van der Waals surface area contributed by atoms with Crippen molar-refractivity contribution in [1.82, 2.24) is 15.2 Å². The summed E-state index contributed by atoms with van der Waals surface area (Å²) in [6.45, 7) is 6.27. The Labute approximate surface area is 206 Å². The lowest BCUT2D eigenvalue weighted by Crippen LogP contribution is -2.53. The van der Waals surface area contributed by atoms with Gasteiger partial charge in [-0.1, -0.05) is 19.4 Å². The largest absolute Gasteiger partial charge is 0.433 e. The number of amides is 1. The molecule has 5 rings (SSSR count). The molecular formula is C26H26F3N5O2. The van der Waals surface area contributed by atoms with Crippen LogP contribution in [0.4, 0.5) is 24.5 Å². The van der Waals surface area contributed by atoms with E-state index in [1.165, 1.54) is 6.07 Å². The molecule has 36 heavy (non-hydrogen) atoms. The fraction of sp³-hybridized carbons (Fsp3) is 0.385. The maximum Gasteiger partial charge on any atom is 0.433 e. The van der Waals surface area contributed by atoms with E-state index in [4.69, 9.17) is 4.74 Å². The number of aryl methyl sites for hydroxylation is 1. The number of nitrogens with one attached hydrogen (secondary N) is 1. The van der Waals surface area contributed by atoms with Crippen LogP contribution in [0, 0.1) is 12.8 Å². The lowest BCUT2D eigenvalue weighted by molar-refractivity contribution is -0.141. The van der Waals surface area contributed by atoms with Gasteiger partial charge in [0, 0.05) is 29.6 Å². The van der Waals surface area contributed by atoms with Gasteiger partial charge in [-0.3, -0.25) is 9.78 Å². The molecule has 1 saturated heterocycles. The van der Waals surface area contributed by atoms with Crippen molar-refractivity contribution in [3.63, 3.8) is 0 Å². The Balaban J connectivity index is 1.43. The van der Waals surface area contributed by atoms with Crippen molar-refractivity contribution in [3.05, 3.63) is 65.1 Å². The number of carbonyl (C=O) groups excluding carboxylic acids is 1. The van der Waals surface area contributed by atoms with E-state index in [1.807, 2.05) is 19.1 Å². The number of pyridine rings is 1. The first-order valence-corrected chi connectivity index (χ1v) is 11.9. The van der Waals surface area contributed by atoms with Crippen molar-refractivity contribution < 1.29 is 22.7 Å². The van der Waals surface area contributed by atoms with Gasteiger partial charge >= 0.3 is 6.18 Å². The molecule has 0 aliphatic carbocycles. The van der Waals surface area contributed by atoms with Gasteiger partial charge in [0.1, 0.15) is 5.69 Å². The lowest BCUT2D eigenvalue weighted by Gasteiger charge is -2.45. The third-order valence-electron chi connectivity index (χ3n) is 6.93. The SMILES string of the molecule is CC[C@@H]1Cc2nnc(-c3cc(NC(=O)c4ccnc(C(F)(F)F)c4)ccc3C)cc2N2CCOC[C@H]12. The van der Waals surface area contributed by atoms with Gasteiger partial charge in [0.2, 0.25) is 0 Å². The van der Waals surface area contributed by atoms with E-state index in [0.29, 0.717) is 36.6 Å². The van der Waals surface area contributed by atoms with Crippen molar-refractivity contribution in [3.8, 4) is 11.3 Å². The molecule has 0 unspecified atom stereocenters. The Hall–Kier alpha value is -3.53. The minimum absolute atomic E-state index is 0.128. The zero-order chi connectivity index (χ0) is 25.4. The molecule has 188 valence electrons. The van der Waals surface area contributed by atoms with Crippen LogP contribution in [0.25, 0.3) is 11.3 Å². The number of carbonyl (C=O) groups is 1. The number of morpholine rings is 1. The first-order valence-electron chi connectivity index (χ1n) is 11.9. The van der Waals surface area contributed by atoms with Crippen molar-refractivity contribution in [2.24, 2.45) is 5.92 Å². The number of hydrogen-bond donors (Lipinski definition) is 1. The second kappa shape index (κ2) is 9.50. The number of alkyl halides is 3. The van der Waals surface area contributed by atoms with Crippen LogP contribution in [-0.2, 0) is 17.3 Å². The van der Waals surface area contributed by atoms with Gasteiger partial charge in [-0.15, -0.1) is 0 Å². The highest BCUT2D eigenvalue weighted by molar-refractivity contribution is 6.04. The molecule has 0 radical (unpaired) electrons. The van der Waals surface area contributed by atoms with Gasteiger partial charge in [-0.25, -0.2) is 0 Å². The van der Waals surface area contributed by atoms with Crippen LogP contribution >= 0.6 is 0 Å². The molecule has 0 spiro atoms. The Morgan fingerprint density at radius 2 is 2.03 bits per heavy atom. The number of aromatic nitrogens is 3. The van der Waals surface area contributed by atoms with Crippen LogP contribution in [-0.4, -0.2) is 46.9 Å². The third-order valence-corrected chi connectivity index (χ3v) is 6.93. The van der Waals surface area contributed by atoms with Gasteiger partial charge in [-0.2, -0.15) is 23.4 Å². The quantitative estimate of drug-likeness (QED) is 0.552. The minimum atomic E-state index is -4.63. The molecule has 2 aromatic heterocycles. The summed E-state index contributed by atoms with van der Waals surface area (Å²) in [6.07, 6.45) is -1.77. The molecule has 1 aromatic carbocycles. The highest BCUT2D eigenvalue weighted by atomic mass is 19.4. The molecule has 1 amide bonds. The second-order valence-electron chi connectivity index (χ2n) is 9.18. The predicted molar refractivity (Wildman–Crippen MR) is 129 cm³/mol. The normalized spacial score (nSPS) is 19.4. The van der Waals surface area contributed by atoms with E-state index in [1.54, 1.807) is 12.1 Å². The fourth-order valence-corrected chi connectivity index (χ4v) is 4.95. The molecule has 3 aromatic rings. The fourth-order valence-electron chi connectivity index (χ4n) is 4.95. The number of hydrogen-bond acceptors (Lipinski definition) is 6. The average molecular weight is 498 g/mol. The first kappa shape index (κ1) is 24.2. The molecule has 2 atom stereocenters. The summed E-state index contributed by atoms with van der Waals surface area (Å²) in [6, 6.07) is 9.64. The van der Waals surface area contributed by atoms with E-state index in [0.717, 1.165) is 54.2 Å². The van der Waals surface area contributed by atoms with Crippen LogP contribution < -0.4 is 10.2 Å².